The maximum Gasteiger partial charge on any atom is 0.253 e. The predicted molar refractivity (Wildman–Crippen MR) is 143 cm³/mol. The van der Waals surface area contributed by atoms with Crippen LogP contribution in [0.5, 0.6) is 5.75 Å². The average molecular weight is 492 g/mol. The molecule has 0 atom stereocenters. The number of amides is 1. The molecule has 0 unspecified atom stereocenters. The quantitative estimate of drug-likeness (QED) is 0.379. The molecule has 2 saturated carbocycles. The first-order chi connectivity index (χ1) is 17.1. The van der Waals surface area contributed by atoms with Crippen molar-refractivity contribution < 1.29 is 9.53 Å². The second kappa shape index (κ2) is 11.0. The lowest BCUT2D eigenvalue weighted by Gasteiger charge is -2.24. The number of benzene rings is 1. The summed E-state index contributed by atoms with van der Waals surface area (Å²) < 4.78 is 7.68. The molecule has 6 heteroatoms. The molecule has 2 aliphatic rings. The Morgan fingerprint density at radius 3 is 2.43 bits per heavy atom. The summed E-state index contributed by atoms with van der Waals surface area (Å²) in [7, 11) is 1.68. The van der Waals surface area contributed by atoms with Crippen molar-refractivity contribution in [3.05, 3.63) is 47.0 Å². The van der Waals surface area contributed by atoms with Gasteiger partial charge in [0.25, 0.3) is 5.91 Å². The Morgan fingerprint density at radius 1 is 1.06 bits per heavy atom. The number of aromatic nitrogens is 2. The van der Waals surface area contributed by atoms with Crippen molar-refractivity contribution in [3.8, 4) is 27.7 Å². The van der Waals surface area contributed by atoms with Gasteiger partial charge in [0, 0.05) is 29.2 Å². The molecule has 0 bridgehead atoms. The van der Waals surface area contributed by atoms with Crippen LogP contribution in [0.3, 0.4) is 0 Å². The molecule has 1 amide bonds. The first-order valence-corrected chi connectivity index (χ1v) is 14.1. The van der Waals surface area contributed by atoms with E-state index in [9.17, 15) is 4.79 Å². The first-order valence-electron chi connectivity index (χ1n) is 13.2. The average Bonchev–Trinajstić information content (AvgIpc) is 3.51. The Balaban J connectivity index is 1.45. The number of nitrogens with one attached hydrogen (secondary N) is 1. The Hall–Kier alpha value is -2.60. The van der Waals surface area contributed by atoms with E-state index in [0.29, 0.717) is 12.0 Å². The van der Waals surface area contributed by atoms with Gasteiger partial charge in [-0.3, -0.25) is 4.79 Å². The highest BCUT2D eigenvalue weighted by Gasteiger charge is 2.25. The maximum atomic E-state index is 13.4. The van der Waals surface area contributed by atoms with E-state index in [1.165, 1.54) is 51.4 Å². The molecule has 2 aromatic heterocycles. The number of thiazole rings is 1. The molecule has 0 aliphatic heterocycles. The van der Waals surface area contributed by atoms with E-state index in [-0.39, 0.29) is 5.91 Å². The van der Waals surface area contributed by atoms with Gasteiger partial charge in [-0.25, -0.2) is 4.98 Å². The number of carbonyl (C=O) groups excluding carboxylic acids is 1. The van der Waals surface area contributed by atoms with Gasteiger partial charge in [-0.05, 0) is 68.9 Å². The summed E-state index contributed by atoms with van der Waals surface area (Å²) in [6.07, 6.45) is 12.4. The number of carbonyl (C=O) groups is 1. The second-order valence-corrected chi connectivity index (χ2v) is 11.1. The number of nitrogens with zero attached hydrogens (tertiary/aromatic N) is 2. The van der Waals surface area contributed by atoms with Gasteiger partial charge in [-0.15, -0.1) is 11.3 Å². The minimum absolute atomic E-state index is 0.0728. The van der Waals surface area contributed by atoms with Gasteiger partial charge < -0.3 is 14.6 Å². The molecule has 0 saturated heterocycles. The van der Waals surface area contributed by atoms with Gasteiger partial charge in [0.05, 0.1) is 24.1 Å². The third-order valence-corrected chi connectivity index (χ3v) is 8.71. The van der Waals surface area contributed by atoms with E-state index in [2.05, 4.69) is 40.4 Å². The highest BCUT2D eigenvalue weighted by molar-refractivity contribution is 7.13. The zero-order valence-corrected chi connectivity index (χ0v) is 21.8. The molecule has 2 aliphatic carbocycles. The predicted octanol–water partition coefficient (Wildman–Crippen LogP) is 7.24. The van der Waals surface area contributed by atoms with Crippen molar-refractivity contribution in [1.29, 1.82) is 0 Å². The lowest BCUT2D eigenvalue weighted by molar-refractivity contribution is 0.0927. The summed E-state index contributed by atoms with van der Waals surface area (Å²) in [4.78, 5) is 18.4. The monoisotopic (exact) mass is 491 g/mol. The molecule has 3 aromatic rings. The topological polar surface area (TPSA) is 56.1 Å². The molecule has 5 nitrogen and oxygen atoms in total. The minimum atomic E-state index is 0.0728. The third-order valence-electron chi connectivity index (χ3n) is 7.82. The van der Waals surface area contributed by atoms with Crippen molar-refractivity contribution >= 4 is 17.2 Å². The SMILES string of the molecule is COc1ccc(-c2nc(-c3cc(C(=O)NC4CCCCC4)c(C)n3CC3CCCCC3)cs2)cc1. The van der Waals surface area contributed by atoms with E-state index in [1.807, 2.05) is 12.1 Å². The lowest BCUT2D eigenvalue weighted by atomic mass is 9.89. The van der Waals surface area contributed by atoms with Crippen LogP contribution in [0.2, 0.25) is 0 Å². The third kappa shape index (κ3) is 5.48. The molecule has 2 fully saturated rings. The largest absolute Gasteiger partial charge is 0.497 e. The highest BCUT2D eigenvalue weighted by atomic mass is 32.1. The fourth-order valence-electron chi connectivity index (χ4n) is 5.72. The van der Waals surface area contributed by atoms with Crippen LogP contribution in [0.15, 0.2) is 35.7 Å². The number of hydrogen-bond acceptors (Lipinski definition) is 4. The summed E-state index contributed by atoms with van der Waals surface area (Å²) in [5.41, 5.74) is 4.98. The second-order valence-electron chi connectivity index (χ2n) is 10.2. The van der Waals surface area contributed by atoms with E-state index in [4.69, 9.17) is 9.72 Å². The summed E-state index contributed by atoms with van der Waals surface area (Å²) in [5.74, 6) is 1.59. The van der Waals surface area contributed by atoms with E-state index in [1.54, 1.807) is 18.4 Å². The number of ether oxygens (including phenoxy) is 1. The van der Waals surface area contributed by atoms with E-state index < -0.39 is 0 Å². The number of methoxy groups -OCH3 is 1. The smallest absolute Gasteiger partial charge is 0.253 e. The Bertz CT molecular complexity index is 1140. The normalized spacial score (nSPS) is 17.4. The van der Waals surface area contributed by atoms with Gasteiger partial charge >= 0.3 is 0 Å². The number of rotatable bonds is 7. The van der Waals surface area contributed by atoms with Crippen LogP contribution in [0.4, 0.5) is 0 Å². The highest BCUT2D eigenvalue weighted by Crippen LogP contribution is 2.34. The van der Waals surface area contributed by atoms with Crippen LogP contribution >= 0.6 is 11.3 Å². The molecular formula is C29H37N3O2S. The van der Waals surface area contributed by atoms with Crippen molar-refractivity contribution in [1.82, 2.24) is 14.9 Å². The standard InChI is InChI=1S/C29H37N3O2S/c1-20-25(28(33)30-23-11-7-4-8-12-23)17-27(32(20)18-21-9-5-3-6-10-21)26-19-35-29(31-26)22-13-15-24(34-2)16-14-22/h13-17,19,21,23H,3-12,18H2,1-2H3,(H,30,33). The van der Waals surface area contributed by atoms with Crippen LogP contribution in [0, 0.1) is 12.8 Å². The summed E-state index contributed by atoms with van der Waals surface area (Å²) >= 11 is 1.65. The first kappa shape index (κ1) is 24.1. The zero-order valence-electron chi connectivity index (χ0n) is 21.0. The molecule has 1 aromatic carbocycles. The van der Waals surface area contributed by atoms with Crippen molar-refractivity contribution in [2.45, 2.75) is 83.7 Å². The molecule has 186 valence electrons. The van der Waals surface area contributed by atoms with Crippen LogP contribution in [-0.4, -0.2) is 28.6 Å². The van der Waals surface area contributed by atoms with Gasteiger partial charge in [0.1, 0.15) is 10.8 Å². The van der Waals surface area contributed by atoms with E-state index >= 15 is 0 Å². The van der Waals surface area contributed by atoms with E-state index in [0.717, 1.165) is 58.4 Å². The van der Waals surface area contributed by atoms with Crippen LogP contribution in [-0.2, 0) is 6.54 Å². The fraction of sp³-hybridized carbons (Fsp3) is 0.517. The minimum Gasteiger partial charge on any atom is -0.497 e. The molecule has 1 N–H and O–H groups in total. The molecule has 35 heavy (non-hydrogen) atoms. The fourth-order valence-corrected chi connectivity index (χ4v) is 6.54. The molecule has 0 spiro atoms. The van der Waals surface area contributed by atoms with Crippen LogP contribution in [0.25, 0.3) is 22.0 Å². The summed E-state index contributed by atoms with van der Waals surface area (Å²) in [5, 5.41) is 6.45. The van der Waals surface area contributed by atoms with Crippen LogP contribution in [0.1, 0.15) is 80.3 Å². The van der Waals surface area contributed by atoms with Gasteiger partial charge in [0.15, 0.2) is 0 Å². The van der Waals surface area contributed by atoms with Crippen molar-refractivity contribution in [2.75, 3.05) is 7.11 Å². The summed E-state index contributed by atoms with van der Waals surface area (Å²) in [6, 6.07) is 10.4. The van der Waals surface area contributed by atoms with Gasteiger partial charge in [0.2, 0.25) is 0 Å². The van der Waals surface area contributed by atoms with Gasteiger partial charge in [-0.2, -0.15) is 0 Å². The Morgan fingerprint density at radius 2 is 1.74 bits per heavy atom. The number of hydrogen-bond donors (Lipinski definition) is 1. The molecule has 2 heterocycles. The zero-order chi connectivity index (χ0) is 24.2. The van der Waals surface area contributed by atoms with Crippen LogP contribution < -0.4 is 10.1 Å². The Kier molecular flexibility index (Phi) is 7.57. The lowest BCUT2D eigenvalue weighted by Crippen LogP contribution is -2.36. The molecular weight excluding hydrogens is 454 g/mol. The van der Waals surface area contributed by atoms with Crippen molar-refractivity contribution in [2.24, 2.45) is 5.92 Å². The van der Waals surface area contributed by atoms with Gasteiger partial charge in [-0.1, -0.05) is 38.5 Å². The molecule has 0 radical (unpaired) electrons. The molecule has 5 rings (SSSR count). The maximum absolute atomic E-state index is 13.4. The van der Waals surface area contributed by atoms with Crippen molar-refractivity contribution in [3.63, 3.8) is 0 Å². The summed E-state index contributed by atoms with van der Waals surface area (Å²) in [6.45, 7) is 3.08. The Labute approximate surface area is 212 Å².